The van der Waals surface area contributed by atoms with Gasteiger partial charge in [0.25, 0.3) is 10.0 Å². The Labute approximate surface area is 116 Å². The van der Waals surface area contributed by atoms with E-state index in [1.54, 1.807) is 13.8 Å². The second kappa shape index (κ2) is 5.18. The van der Waals surface area contributed by atoms with Gasteiger partial charge in [0.2, 0.25) is 0 Å². The lowest BCUT2D eigenvalue weighted by Gasteiger charge is -2.35. The molecule has 1 N–H and O–H groups in total. The van der Waals surface area contributed by atoms with Crippen molar-refractivity contribution in [1.29, 1.82) is 0 Å². The smallest absolute Gasteiger partial charge is 0.322 e. The summed E-state index contributed by atoms with van der Waals surface area (Å²) in [5, 5.41) is 9.92. The molecular weight excluding hydrogens is 288 g/mol. The number of aryl methyl sites for hydroxylation is 1. The van der Waals surface area contributed by atoms with Crippen LogP contribution in [0.1, 0.15) is 24.8 Å². The first-order chi connectivity index (χ1) is 8.84. The summed E-state index contributed by atoms with van der Waals surface area (Å²) in [5.41, 5.74) is 0. The van der Waals surface area contributed by atoms with Crippen LogP contribution in [0.15, 0.2) is 10.4 Å². The van der Waals surface area contributed by atoms with Gasteiger partial charge in [0.15, 0.2) is 4.21 Å². The van der Waals surface area contributed by atoms with Crippen molar-refractivity contribution in [1.82, 2.24) is 9.29 Å². The number of rotatable bonds is 3. The molecule has 2 unspecified atom stereocenters. The molecule has 0 saturated carbocycles. The van der Waals surface area contributed by atoms with Gasteiger partial charge in [0.1, 0.15) is 6.04 Å². The van der Waals surface area contributed by atoms with Crippen LogP contribution in [-0.2, 0) is 14.8 Å². The highest BCUT2D eigenvalue weighted by atomic mass is 32.2. The maximum absolute atomic E-state index is 12.5. The van der Waals surface area contributed by atoms with Crippen molar-refractivity contribution < 1.29 is 18.3 Å². The Bertz CT molecular complexity index is 581. The highest BCUT2D eigenvalue weighted by Gasteiger charge is 2.42. The van der Waals surface area contributed by atoms with Gasteiger partial charge >= 0.3 is 5.97 Å². The molecule has 0 aromatic carbocycles. The summed E-state index contributed by atoms with van der Waals surface area (Å²) in [4.78, 5) is 15.3. The van der Waals surface area contributed by atoms with Gasteiger partial charge in [-0.1, -0.05) is 6.92 Å². The number of hydrogen-bond donors (Lipinski definition) is 1. The van der Waals surface area contributed by atoms with Gasteiger partial charge in [0, 0.05) is 6.54 Å². The van der Waals surface area contributed by atoms with E-state index >= 15 is 0 Å². The third-order valence-electron chi connectivity index (χ3n) is 3.30. The first-order valence-corrected chi connectivity index (χ1v) is 8.27. The number of carboxylic acids is 1. The second-order valence-corrected chi connectivity index (χ2v) is 8.07. The van der Waals surface area contributed by atoms with Gasteiger partial charge in [-0.15, -0.1) is 11.3 Å². The SMILES string of the molecule is Cc1ncc(S(=O)(=O)N2CCCC(C)C2C(=O)O)s1. The van der Waals surface area contributed by atoms with Crippen molar-refractivity contribution in [3.63, 3.8) is 0 Å². The molecule has 0 bridgehead atoms. The fourth-order valence-electron chi connectivity index (χ4n) is 2.36. The van der Waals surface area contributed by atoms with Crippen LogP contribution >= 0.6 is 11.3 Å². The lowest BCUT2D eigenvalue weighted by atomic mass is 9.93. The Morgan fingerprint density at radius 2 is 2.26 bits per heavy atom. The molecule has 106 valence electrons. The van der Waals surface area contributed by atoms with E-state index in [0.717, 1.165) is 22.1 Å². The molecule has 2 heterocycles. The maximum Gasteiger partial charge on any atom is 0.322 e. The van der Waals surface area contributed by atoms with Crippen LogP contribution in [0.3, 0.4) is 0 Å². The number of piperidine rings is 1. The molecule has 1 aromatic heterocycles. The monoisotopic (exact) mass is 304 g/mol. The summed E-state index contributed by atoms with van der Waals surface area (Å²) in [5.74, 6) is -1.27. The molecule has 6 nitrogen and oxygen atoms in total. The van der Waals surface area contributed by atoms with Crippen LogP contribution in [0.4, 0.5) is 0 Å². The summed E-state index contributed by atoms with van der Waals surface area (Å²) in [7, 11) is -3.76. The Balaban J connectivity index is 2.40. The number of carbonyl (C=O) groups is 1. The minimum absolute atomic E-state index is 0.116. The zero-order valence-corrected chi connectivity index (χ0v) is 12.4. The predicted molar refractivity (Wildman–Crippen MR) is 70.6 cm³/mol. The lowest BCUT2D eigenvalue weighted by Crippen LogP contribution is -2.51. The highest BCUT2D eigenvalue weighted by Crippen LogP contribution is 2.31. The molecule has 0 radical (unpaired) electrons. The van der Waals surface area contributed by atoms with E-state index in [1.807, 2.05) is 0 Å². The number of sulfonamides is 1. The summed E-state index contributed by atoms with van der Waals surface area (Å²) in [6, 6.07) is -0.985. The number of thiazole rings is 1. The van der Waals surface area contributed by atoms with Crippen LogP contribution in [0, 0.1) is 12.8 Å². The van der Waals surface area contributed by atoms with E-state index in [0.29, 0.717) is 11.4 Å². The average Bonchev–Trinajstić information content (AvgIpc) is 2.75. The van der Waals surface area contributed by atoms with Gasteiger partial charge < -0.3 is 5.11 Å². The van der Waals surface area contributed by atoms with Crippen LogP contribution in [0.25, 0.3) is 0 Å². The first kappa shape index (κ1) is 14.4. The molecule has 0 spiro atoms. The molecular formula is C11H16N2O4S2. The van der Waals surface area contributed by atoms with E-state index in [-0.39, 0.29) is 16.7 Å². The second-order valence-electron chi connectivity index (χ2n) is 4.72. The molecule has 0 aliphatic carbocycles. The third kappa shape index (κ3) is 2.65. The van der Waals surface area contributed by atoms with Crippen molar-refractivity contribution in [3.05, 3.63) is 11.2 Å². The molecule has 8 heteroatoms. The van der Waals surface area contributed by atoms with Gasteiger partial charge in [-0.2, -0.15) is 4.31 Å². The molecule has 1 aliphatic heterocycles. The molecule has 1 saturated heterocycles. The maximum atomic E-state index is 12.5. The van der Waals surface area contributed by atoms with E-state index in [1.165, 1.54) is 6.20 Å². The molecule has 1 fully saturated rings. The minimum atomic E-state index is -3.76. The van der Waals surface area contributed by atoms with Crippen molar-refractivity contribution in [3.8, 4) is 0 Å². The summed E-state index contributed by atoms with van der Waals surface area (Å²) < 4.78 is 26.2. The number of carboxylic acid groups (broad SMARTS) is 1. The zero-order valence-electron chi connectivity index (χ0n) is 10.7. The van der Waals surface area contributed by atoms with Gasteiger partial charge in [-0.25, -0.2) is 13.4 Å². The van der Waals surface area contributed by atoms with Crippen molar-refractivity contribution >= 4 is 27.3 Å². The molecule has 2 atom stereocenters. The van der Waals surface area contributed by atoms with E-state index in [9.17, 15) is 18.3 Å². The lowest BCUT2D eigenvalue weighted by molar-refractivity contribution is -0.144. The largest absolute Gasteiger partial charge is 0.480 e. The Kier molecular flexibility index (Phi) is 3.93. The van der Waals surface area contributed by atoms with E-state index < -0.39 is 22.0 Å². The number of aromatic nitrogens is 1. The number of nitrogens with zero attached hydrogens (tertiary/aromatic N) is 2. The zero-order chi connectivity index (χ0) is 14.2. The fraction of sp³-hybridized carbons (Fsp3) is 0.636. The molecule has 1 aromatic rings. The van der Waals surface area contributed by atoms with Crippen molar-refractivity contribution in [2.45, 2.75) is 36.9 Å². The van der Waals surface area contributed by atoms with Crippen LogP contribution < -0.4 is 0 Å². The summed E-state index contributed by atoms with van der Waals surface area (Å²) in [6.07, 6.45) is 2.71. The third-order valence-corrected chi connectivity index (χ3v) is 6.53. The van der Waals surface area contributed by atoms with Gasteiger partial charge in [-0.3, -0.25) is 4.79 Å². The molecule has 0 amide bonds. The Morgan fingerprint density at radius 1 is 1.58 bits per heavy atom. The number of hydrogen-bond acceptors (Lipinski definition) is 5. The average molecular weight is 304 g/mol. The number of aliphatic carboxylic acids is 1. The Hall–Kier alpha value is -0.990. The van der Waals surface area contributed by atoms with Gasteiger partial charge in [-0.05, 0) is 25.7 Å². The summed E-state index contributed by atoms with van der Waals surface area (Å²) in [6.45, 7) is 3.75. The summed E-state index contributed by atoms with van der Waals surface area (Å²) >= 11 is 1.07. The Morgan fingerprint density at radius 3 is 2.79 bits per heavy atom. The quantitative estimate of drug-likeness (QED) is 0.910. The minimum Gasteiger partial charge on any atom is -0.480 e. The van der Waals surface area contributed by atoms with Crippen LogP contribution in [0.5, 0.6) is 0 Å². The molecule has 19 heavy (non-hydrogen) atoms. The van der Waals surface area contributed by atoms with Crippen LogP contribution in [-0.4, -0.2) is 41.4 Å². The predicted octanol–water partition coefficient (Wildman–Crippen LogP) is 1.33. The molecule has 1 aliphatic rings. The van der Waals surface area contributed by atoms with Crippen LogP contribution in [0.2, 0.25) is 0 Å². The van der Waals surface area contributed by atoms with Crippen molar-refractivity contribution in [2.75, 3.05) is 6.54 Å². The highest BCUT2D eigenvalue weighted by molar-refractivity contribution is 7.91. The molecule has 2 rings (SSSR count). The fourth-order valence-corrected chi connectivity index (χ4v) is 5.32. The van der Waals surface area contributed by atoms with E-state index in [2.05, 4.69) is 4.98 Å². The van der Waals surface area contributed by atoms with E-state index in [4.69, 9.17) is 0 Å². The van der Waals surface area contributed by atoms with Gasteiger partial charge in [0.05, 0.1) is 11.2 Å². The van der Waals surface area contributed by atoms with Crippen molar-refractivity contribution in [2.24, 2.45) is 5.92 Å². The first-order valence-electron chi connectivity index (χ1n) is 6.01. The topological polar surface area (TPSA) is 87.6 Å². The normalized spacial score (nSPS) is 25.4. The standard InChI is InChI=1S/C11H16N2O4S2/c1-7-4-3-5-13(10(7)11(14)15)19(16,17)9-6-12-8(2)18-9/h6-7,10H,3-5H2,1-2H3,(H,14,15).